The number of nitrogens with one attached hydrogen (secondary N) is 1. The fourth-order valence-electron chi connectivity index (χ4n) is 5.73. The van der Waals surface area contributed by atoms with Gasteiger partial charge < -0.3 is 0 Å². The number of fused-ring (bicyclic) bond motifs is 4. The molecule has 0 spiro atoms. The van der Waals surface area contributed by atoms with Crippen molar-refractivity contribution in [3.05, 3.63) is 93.0 Å². The van der Waals surface area contributed by atoms with Gasteiger partial charge >= 0.3 is 0 Å². The van der Waals surface area contributed by atoms with Gasteiger partial charge in [0, 0.05) is 28.3 Å². The molecule has 4 aromatic rings. The maximum atomic E-state index is 16.3. The Morgan fingerprint density at radius 2 is 1.42 bits per heavy atom. The number of benzene rings is 3. The summed E-state index contributed by atoms with van der Waals surface area (Å²) in [5.41, 5.74) is 8.05. The molecule has 2 bridgehead atoms. The van der Waals surface area contributed by atoms with Crippen molar-refractivity contribution in [2.75, 3.05) is 0 Å². The third-order valence-corrected chi connectivity index (χ3v) is 6.91. The van der Waals surface area contributed by atoms with Crippen molar-refractivity contribution in [2.24, 2.45) is 0 Å². The number of aryl methyl sites for hydroxylation is 4. The molecule has 190 valence electrons. The number of hydrogen-bond acceptors (Lipinski definition) is 1. The molecule has 1 atom stereocenters. The minimum absolute atomic E-state index is 0.288. The molecule has 0 radical (unpaired) electrons. The lowest BCUT2D eigenvalue weighted by Crippen LogP contribution is -2.29. The molecule has 3 aromatic carbocycles. The molecular weight excluding hydrogens is 443 g/mol. The quantitative estimate of drug-likeness (QED) is 0.261. The Kier molecular flexibility index (Phi) is 7.93. The lowest BCUT2D eigenvalue weighted by molar-refractivity contribution is 0.193. The van der Waals surface area contributed by atoms with Gasteiger partial charge in [0.25, 0.3) is 0 Å². The monoisotopic (exact) mass is 484 g/mol. The first-order valence-corrected chi connectivity index (χ1v) is 13.2. The predicted octanol–water partition coefficient (Wildman–Crippen LogP) is 9.43. The van der Waals surface area contributed by atoms with E-state index in [1.165, 1.54) is 5.56 Å². The number of rotatable bonds is 1. The Morgan fingerprint density at radius 1 is 0.806 bits per heavy atom. The predicted molar refractivity (Wildman–Crippen MR) is 154 cm³/mol. The number of hydrogen-bond donors (Lipinski definition) is 1. The van der Waals surface area contributed by atoms with Crippen LogP contribution in [-0.4, -0.2) is 4.57 Å². The van der Waals surface area contributed by atoms with Crippen LogP contribution in [0.3, 0.4) is 0 Å². The molecule has 1 aromatic heterocycles. The van der Waals surface area contributed by atoms with Crippen LogP contribution in [0.2, 0.25) is 0 Å². The number of alkyl halides is 1. The number of aromatic nitrogens is 1. The largest absolute Gasteiger partial charge is 0.294 e. The van der Waals surface area contributed by atoms with Crippen LogP contribution >= 0.6 is 0 Å². The zero-order valence-corrected chi connectivity index (χ0v) is 23.7. The summed E-state index contributed by atoms with van der Waals surface area (Å²) in [6, 6.07) is 16.5. The molecule has 1 aliphatic heterocycles. The molecule has 3 heteroatoms. The van der Waals surface area contributed by atoms with Crippen molar-refractivity contribution in [2.45, 2.75) is 81.3 Å². The summed E-state index contributed by atoms with van der Waals surface area (Å²) < 4.78 is 18.4. The van der Waals surface area contributed by atoms with E-state index in [4.69, 9.17) is 0 Å². The molecular formula is C33H41FN2. The van der Waals surface area contributed by atoms with Crippen molar-refractivity contribution in [3.8, 4) is 0 Å². The maximum absolute atomic E-state index is 16.3. The molecule has 2 heterocycles. The third-order valence-electron chi connectivity index (χ3n) is 6.91. The van der Waals surface area contributed by atoms with Gasteiger partial charge in [-0.25, -0.2) is 4.39 Å². The standard InChI is InChI=1S/C29H29FN2.2C2H6/c1-16-10-11-21-22-8-7-9-23-26(22)28(31)32(24(21)14-16)27(20(5)15-29(23,6)30)25-18(3)12-17(2)13-19(25)4;2*1-2/h7-14,31H,15H2,1-6H3;2*1-2H3/b27-20-,31-28?;;. The van der Waals surface area contributed by atoms with E-state index in [-0.39, 0.29) is 6.42 Å². The van der Waals surface area contributed by atoms with Crippen LogP contribution in [0.4, 0.5) is 4.39 Å². The minimum Gasteiger partial charge on any atom is -0.294 e. The normalized spacial score (nSPS) is 18.8. The van der Waals surface area contributed by atoms with E-state index in [9.17, 15) is 5.41 Å². The zero-order chi connectivity index (χ0) is 26.9. The van der Waals surface area contributed by atoms with Gasteiger partial charge in [-0.05, 0) is 75.3 Å². The van der Waals surface area contributed by atoms with Gasteiger partial charge in [-0.2, -0.15) is 0 Å². The van der Waals surface area contributed by atoms with E-state index in [1.807, 2.05) is 52.8 Å². The van der Waals surface area contributed by atoms with Crippen molar-refractivity contribution in [3.63, 3.8) is 0 Å². The first-order valence-electron chi connectivity index (χ1n) is 13.2. The minimum atomic E-state index is -1.56. The van der Waals surface area contributed by atoms with E-state index < -0.39 is 5.67 Å². The molecule has 0 saturated heterocycles. The summed E-state index contributed by atoms with van der Waals surface area (Å²) in [6.45, 7) is 20.1. The van der Waals surface area contributed by atoms with Crippen molar-refractivity contribution >= 4 is 27.4 Å². The van der Waals surface area contributed by atoms with Crippen LogP contribution in [0.5, 0.6) is 0 Å². The molecule has 0 amide bonds. The Labute approximate surface area is 216 Å². The Balaban J connectivity index is 0.000000861. The Bertz CT molecular complexity index is 1510. The highest BCUT2D eigenvalue weighted by atomic mass is 19.1. The SMILES string of the molecule is C/C1=C(\c2c(C)cc(C)cc2C)n2c(=N)c3c(cccc3c3ccc(C)cc32)C(C)(F)C1.CC.CC. The molecule has 0 aliphatic carbocycles. The van der Waals surface area contributed by atoms with Crippen LogP contribution in [0.1, 0.15) is 81.3 Å². The molecule has 0 saturated carbocycles. The summed E-state index contributed by atoms with van der Waals surface area (Å²) in [4.78, 5) is 0. The average Bonchev–Trinajstić information content (AvgIpc) is 2.83. The summed E-state index contributed by atoms with van der Waals surface area (Å²) in [6.07, 6.45) is 0.288. The van der Waals surface area contributed by atoms with E-state index in [2.05, 4.69) is 62.6 Å². The molecule has 2 nitrogen and oxygen atoms in total. The highest BCUT2D eigenvalue weighted by molar-refractivity contribution is 6.08. The Hall–Kier alpha value is -3.20. The van der Waals surface area contributed by atoms with Crippen LogP contribution in [0.15, 0.2) is 54.1 Å². The number of pyridine rings is 1. The molecule has 1 N–H and O–H groups in total. The lowest BCUT2D eigenvalue weighted by Gasteiger charge is -2.31. The van der Waals surface area contributed by atoms with Gasteiger partial charge in [0.1, 0.15) is 11.2 Å². The summed E-state index contributed by atoms with van der Waals surface area (Å²) in [5.74, 6) is 0. The second-order valence-electron chi connectivity index (χ2n) is 9.71. The fraction of sp³-hybridized carbons (Fsp3) is 0.364. The third kappa shape index (κ3) is 4.40. The first-order chi connectivity index (χ1) is 17.1. The second kappa shape index (κ2) is 10.4. The molecule has 5 rings (SSSR count). The van der Waals surface area contributed by atoms with Crippen LogP contribution in [0.25, 0.3) is 27.4 Å². The van der Waals surface area contributed by atoms with Crippen molar-refractivity contribution in [1.82, 2.24) is 4.57 Å². The molecule has 0 fully saturated rings. The number of halogens is 1. The summed E-state index contributed by atoms with van der Waals surface area (Å²) in [7, 11) is 0. The van der Waals surface area contributed by atoms with Crippen molar-refractivity contribution in [1.29, 1.82) is 5.41 Å². The van der Waals surface area contributed by atoms with Gasteiger partial charge in [-0.3, -0.25) is 9.98 Å². The number of allylic oxidation sites excluding steroid dienone is 1. The lowest BCUT2D eigenvalue weighted by atomic mass is 9.83. The zero-order valence-electron chi connectivity index (χ0n) is 23.7. The molecule has 1 aliphatic rings. The van der Waals surface area contributed by atoms with Gasteiger partial charge in [0.2, 0.25) is 0 Å². The second-order valence-corrected chi connectivity index (χ2v) is 9.71. The van der Waals surface area contributed by atoms with E-state index in [0.717, 1.165) is 49.8 Å². The van der Waals surface area contributed by atoms with Crippen molar-refractivity contribution < 1.29 is 4.39 Å². The van der Waals surface area contributed by atoms with Gasteiger partial charge in [0.15, 0.2) is 0 Å². The molecule has 1 unspecified atom stereocenters. The topological polar surface area (TPSA) is 28.8 Å². The fourth-order valence-corrected chi connectivity index (χ4v) is 5.73. The highest BCUT2D eigenvalue weighted by Crippen LogP contribution is 2.42. The van der Waals surface area contributed by atoms with Crippen LogP contribution in [-0.2, 0) is 5.67 Å². The van der Waals surface area contributed by atoms with Gasteiger partial charge in [-0.1, -0.05) is 75.7 Å². The van der Waals surface area contributed by atoms with Crippen LogP contribution in [0, 0.1) is 33.1 Å². The van der Waals surface area contributed by atoms with Gasteiger partial charge in [-0.15, -0.1) is 0 Å². The smallest absolute Gasteiger partial charge is 0.138 e. The van der Waals surface area contributed by atoms with E-state index >= 15 is 4.39 Å². The van der Waals surface area contributed by atoms with E-state index in [0.29, 0.717) is 16.4 Å². The number of nitrogens with zero attached hydrogens (tertiary/aromatic N) is 1. The van der Waals surface area contributed by atoms with Crippen LogP contribution < -0.4 is 5.49 Å². The maximum Gasteiger partial charge on any atom is 0.138 e. The first kappa shape index (κ1) is 27.4. The summed E-state index contributed by atoms with van der Waals surface area (Å²) in [5, 5.41) is 12.1. The highest BCUT2D eigenvalue weighted by Gasteiger charge is 2.33. The Morgan fingerprint density at radius 3 is 2.03 bits per heavy atom. The summed E-state index contributed by atoms with van der Waals surface area (Å²) >= 11 is 0. The molecule has 36 heavy (non-hydrogen) atoms. The van der Waals surface area contributed by atoms with E-state index in [1.54, 1.807) is 6.92 Å². The van der Waals surface area contributed by atoms with Gasteiger partial charge in [0.05, 0.1) is 11.2 Å². The average molecular weight is 485 g/mol.